The number of pyridine rings is 1. The molecule has 1 heterocycles. The number of aromatic nitrogens is 1. The molecule has 5 N–H and O–H groups in total. The van der Waals surface area contributed by atoms with Crippen LogP contribution in [0.3, 0.4) is 0 Å². The van der Waals surface area contributed by atoms with Crippen LogP contribution in [0.4, 0.5) is 10.2 Å². The number of nitrogens with two attached hydrogens (primary N) is 2. The van der Waals surface area contributed by atoms with E-state index in [9.17, 15) is 9.59 Å². The van der Waals surface area contributed by atoms with Crippen LogP contribution in [0.15, 0.2) is 43.1 Å². The fraction of sp³-hybridized carbons (Fsp3) is 0.250. The third-order valence-corrected chi connectivity index (χ3v) is 4.48. The number of rotatable bonds is 9. The van der Waals surface area contributed by atoms with E-state index in [1.54, 1.807) is 13.0 Å². The Morgan fingerprint density at radius 3 is 2.59 bits per heavy atom. The van der Waals surface area contributed by atoms with Crippen molar-refractivity contribution in [3.8, 4) is 0 Å². The molecular formula is C20H23Cl2FN4O2. The Morgan fingerprint density at radius 2 is 2.03 bits per heavy atom. The minimum Gasteiger partial charge on any atom is -0.384 e. The molecule has 9 heteroatoms. The number of hydrogen-bond donors (Lipinski definition) is 3. The summed E-state index contributed by atoms with van der Waals surface area (Å²) in [4.78, 5) is 27.8. The van der Waals surface area contributed by atoms with Crippen molar-refractivity contribution in [2.75, 3.05) is 5.73 Å². The Morgan fingerprint density at radius 1 is 1.34 bits per heavy atom. The lowest BCUT2D eigenvalue weighted by atomic mass is 9.95. The first-order chi connectivity index (χ1) is 13.2. The number of nitrogens with zero attached hydrogens (tertiary/aromatic N) is 1. The minimum absolute atomic E-state index is 0. The van der Waals surface area contributed by atoms with E-state index in [1.807, 2.05) is 0 Å². The number of ketones is 1. The molecule has 0 radical (unpaired) electrons. The Labute approximate surface area is 179 Å². The van der Waals surface area contributed by atoms with E-state index < -0.39 is 23.5 Å². The van der Waals surface area contributed by atoms with Crippen molar-refractivity contribution < 1.29 is 14.0 Å². The molecule has 1 aromatic heterocycles. The second-order valence-corrected chi connectivity index (χ2v) is 6.85. The average molecular weight is 441 g/mol. The number of nitrogen functional groups attached to an aromatic ring is 1. The van der Waals surface area contributed by atoms with E-state index >= 15 is 4.39 Å². The first-order valence-electron chi connectivity index (χ1n) is 8.64. The van der Waals surface area contributed by atoms with Crippen LogP contribution >= 0.6 is 24.0 Å². The Bertz CT molecular complexity index is 891. The highest BCUT2D eigenvalue weighted by Crippen LogP contribution is 2.30. The predicted octanol–water partition coefficient (Wildman–Crippen LogP) is 3.58. The average Bonchev–Trinajstić information content (AvgIpc) is 2.61. The fourth-order valence-electron chi connectivity index (χ4n) is 2.89. The molecule has 0 bridgehead atoms. The summed E-state index contributed by atoms with van der Waals surface area (Å²) in [5.41, 5.74) is 10.9. The maximum Gasteiger partial charge on any atom is 0.218 e. The van der Waals surface area contributed by atoms with Gasteiger partial charge in [-0.1, -0.05) is 23.7 Å². The maximum atomic E-state index is 15.3. The van der Waals surface area contributed by atoms with Gasteiger partial charge in [0.25, 0.3) is 0 Å². The van der Waals surface area contributed by atoms with Crippen LogP contribution in [-0.2, 0) is 4.79 Å². The second kappa shape index (κ2) is 10.9. The molecule has 0 saturated heterocycles. The van der Waals surface area contributed by atoms with Gasteiger partial charge in [-0.05, 0) is 31.5 Å². The number of benzene rings is 1. The van der Waals surface area contributed by atoms with Gasteiger partial charge in [-0.3, -0.25) is 9.59 Å². The molecule has 0 aliphatic rings. The normalized spacial score (nSPS) is 12.5. The smallest absolute Gasteiger partial charge is 0.218 e. The third-order valence-electron chi connectivity index (χ3n) is 4.17. The van der Waals surface area contributed by atoms with Gasteiger partial charge in [0.15, 0.2) is 5.78 Å². The highest BCUT2D eigenvalue weighted by molar-refractivity contribution is 6.35. The molecule has 0 saturated carbocycles. The summed E-state index contributed by atoms with van der Waals surface area (Å²) in [6.45, 7) is 5.45. The summed E-state index contributed by atoms with van der Waals surface area (Å²) in [6, 6.07) is 5.08. The predicted molar refractivity (Wildman–Crippen MR) is 115 cm³/mol. The van der Waals surface area contributed by atoms with Crippen LogP contribution in [0.5, 0.6) is 0 Å². The number of amides is 1. The summed E-state index contributed by atoms with van der Waals surface area (Å²) in [6.07, 6.45) is 3.35. The molecule has 2 rings (SSSR count). The number of nitrogens with one attached hydrogen (secondary N) is 1. The number of carbonyl (C=O) groups excluding carboxylic acids is 2. The SMILES string of the molecule is C=CC[C@@H](N[C@H](C)CC(N)=O)c1ccc(Cl)c(C(=O)c2ccc(N)nc2)c1F.Cl. The molecule has 0 aliphatic carbocycles. The van der Waals surface area contributed by atoms with Crippen molar-refractivity contribution in [2.45, 2.75) is 31.8 Å². The van der Waals surface area contributed by atoms with Crippen molar-refractivity contribution in [3.05, 3.63) is 70.6 Å². The zero-order chi connectivity index (χ0) is 20.8. The molecule has 1 aromatic carbocycles. The number of carbonyl (C=O) groups is 2. The number of hydrogen-bond acceptors (Lipinski definition) is 5. The van der Waals surface area contributed by atoms with Gasteiger partial charge in [0.2, 0.25) is 5.91 Å². The highest BCUT2D eigenvalue weighted by atomic mass is 35.5. The molecule has 2 aromatic rings. The van der Waals surface area contributed by atoms with E-state index in [0.29, 0.717) is 6.42 Å². The van der Waals surface area contributed by atoms with Crippen LogP contribution in [0.1, 0.15) is 47.3 Å². The number of anilines is 1. The van der Waals surface area contributed by atoms with Gasteiger partial charge < -0.3 is 16.8 Å². The van der Waals surface area contributed by atoms with Gasteiger partial charge in [-0.15, -0.1) is 19.0 Å². The second-order valence-electron chi connectivity index (χ2n) is 6.44. The van der Waals surface area contributed by atoms with Crippen molar-refractivity contribution in [2.24, 2.45) is 5.73 Å². The molecule has 0 spiro atoms. The molecule has 6 nitrogen and oxygen atoms in total. The maximum absolute atomic E-state index is 15.3. The summed E-state index contributed by atoms with van der Waals surface area (Å²) in [5.74, 6) is -1.56. The number of halogens is 3. The summed E-state index contributed by atoms with van der Waals surface area (Å²) >= 11 is 6.13. The van der Waals surface area contributed by atoms with Gasteiger partial charge >= 0.3 is 0 Å². The Kier molecular flexibility index (Phi) is 9.23. The van der Waals surface area contributed by atoms with Crippen molar-refractivity contribution in [1.29, 1.82) is 0 Å². The van der Waals surface area contributed by atoms with Crippen molar-refractivity contribution in [1.82, 2.24) is 10.3 Å². The zero-order valence-corrected chi connectivity index (χ0v) is 17.4. The van der Waals surface area contributed by atoms with Crippen LogP contribution in [0, 0.1) is 5.82 Å². The first-order valence-corrected chi connectivity index (χ1v) is 9.01. The van der Waals surface area contributed by atoms with Gasteiger partial charge in [0, 0.05) is 35.8 Å². The lowest BCUT2D eigenvalue weighted by Crippen LogP contribution is -2.34. The molecule has 2 atom stereocenters. The monoisotopic (exact) mass is 440 g/mol. The highest BCUT2D eigenvalue weighted by Gasteiger charge is 2.25. The van der Waals surface area contributed by atoms with Gasteiger partial charge in [-0.2, -0.15) is 0 Å². The van der Waals surface area contributed by atoms with Crippen molar-refractivity contribution >= 4 is 41.5 Å². The molecule has 29 heavy (non-hydrogen) atoms. The molecule has 0 fully saturated rings. The van der Waals surface area contributed by atoms with Gasteiger partial charge in [0.1, 0.15) is 11.6 Å². The lowest BCUT2D eigenvalue weighted by Gasteiger charge is -2.23. The minimum atomic E-state index is -0.736. The summed E-state index contributed by atoms with van der Waals surface area (Å²) in [7, 11) is 0. The molecule has 0 unspecified atom stereocenters. The van der Waals surface area contributed by atoms with Crippen LogP contribution < -0.4 is 16.8 Å². The molecular weight excluding hydrogens is 418 g/mol. The topological polar surface area (TPSA) is 111 Å². The largest absolute Gasteiger partial charge is 0.384 e. The van der Waals surface area contributed by atoms with Gasteiger partial charge in [-0.25, -0.2) is 9.37 Å². The summed E-state index contributed by atoms with van der Waals surface area (Å²) in [5, 5.41) is 3.14. The Balaban J connectivity index is 0.00000420. The van der Waals surface area contributed by atoms with E-state index in [1.165, 1.54) is 30.5 Å². The molecule has 0 aliphatic heterocycles. The Hall–Kier alpha value is -2.48. The standard InChI is InChI=1S/C20H22ClFN4O2.ClH/c1-3-4-15(26-11(2)9-17(24)27)13-6-7-14(21)18(19(13)22)20(28)12-5-8-16(23)25-10-12;/h3,5-8,10-11,15,26H,1,4,9H2,2H3,(H2,23,25)(H2,24,27);1H/t11-,15-;/m1./s1. The molecule has 1 amide bonds. The van der Waals surface area contributed by atoms with E-state index in [0.717, 1.165) is 0 Å². The van der Waals surface area contributed by atoms with Crippen LogP contribution in [-0.4, -0.2) is 22.7 Å². The van der Waals surface area contributed by atoms with Crippen LogP contribution in [0.2, 0.25) is 5.02 Å². The van der Waals surface area contributed by atoms with E-state index in [-0.39, 0.29) is 52.4 Å². The first kappa shape index (κ1) is 24.6. The van der Waals surface area contributed by atoms with Crippen molar-refractivity contribution in [3.63, 3.8) is 0 Å². The summed E-state index contributed by atoms with van der Waals surface area (Å²) < 4.78 is 15.3. The molecule has 156 valence electrons. The van der Waals surface area contributed by atoms with Gasteiger partial charge in [0.05, 0.1) is 10.6 Å². The van der Waals surface area contributed by atoms with Crippen LogP contribution in [0.25, 0.3) is 0 Å². The third kappa shape index (κ3) is 6.25. The fourth-order valence-corrected chi connectivity index (χ4v) is 3.12. The van der Waals surface area contributed by atoms with E-state index in [2.05, 4.69) is 16.9 Å². The lowest BCUT2D eigenvalue weighted by molar-refractivity contribution is -0.118. The zero-order valence-electron chi connectivity index (χ0n) is 15.8. The van der Waals surface area contributed by atoms with E-state index in [4.69, 9.17) is 23.1 Å². The quantitative estimate of drug-likeness (QED) is 0.407. The number of primary amides is 1.